The van der Waals surface area contributed by atoms with Crippen molar-refractivity contribution in [3.63, 3.8) is 0 Å². The van der Waals surface area contributed by atoms with Gasteiger partial charge < -0.3 is 0 Å². The maximum Gasteiger partial charge on any atom is 0.416 e. The molecule has 0 fully saturated rings. The molecule has 0 radical (unpaired) electrons. The van der Waals surface area contributed by atoms with Crippen LogP contribution in [0.25, 0.3) is 0 Å². The molecule has 3 nitrogen and oxygen atoms in total. The zero-order valence-electron chi connectivity index (χ0n) is 11.1. The molecule has 0 aliphatic carbocycles. The molecule has 1 N–H and O–H groups in total. The molecule has 22 heavy (non-hydrogen) atoms. The summed E-state index contributed by atoms with van der Waals surface area (Å²) in [5.41, 5.74) is -0.461. The fourth-order valence-electron chi connectivity index (χ4n) is 1.71. The van der Waals surface area contributed by atoms with E-state index in [1.165, 1.54) is 24.3 Å². The van der Waals surface area contributed by atoms with Crippen molar-refractivity contribution in [1.82, 2.24) is 4.72 Å². The van der Waals surface area contributed by atoms with Crippen molar-refractivity contribution in [2.45, 2.75) is 17.6 Å². The van der Waals surface area contributed by atoms with Crippen molar-refractivity contribution in [2.75, 3.05) is 0 Å². The summed E-state index contributed by atoms with van der Waals surface area (Å²) in [4.78, 5) is -0.251. The van der Waals surface area contributed by atoms with Crippen LogP contribution < -0.4 is 4.72 Å². The molecule has 2 rings (SSSR count). The second-order valence-electron chi connectivity index (χ2n) is 4.48. The van der Waals surface area contributed by atoms with E-state index in [9.17, 15) is 26.0 Å². The Morgan fingerprint density at radius 1 is 1.00 bits per heavy atom. The SMILES string of the molecule is O=S(=O)(NCc1ccc(C(F)(F)F)cc1)c1cccc(F)c1. The van der Waals surface area contributed by atoms with Gasteiger partial charge in [-0.3, -0.25) is 0 Å². The third-order valence-corrected chi connectivity index (χ3v) is 4.25. The van der Waals surface area contributed by atoms with Crippen LogP contribution in [0.15, 0.2) is 53.4 Å². The van der Waals surface area contributed by atoms with Crippen LogP contribution in [0.5, 0.6) is 0 Å². The molecular formula is C14H11F4NO2S. The van der Waals surface area contributed by atoms with E-state index in [4.69, 9.17) is 0 Å². The molecule has 0 aliphatic heterocycles. The number of rotatable bonds is 4. The zero-order chi connectivity index (χ0) is 16.4. The molecular weight excluding hydrogens is 322 g/mol. The molecule has 0 bridgehead atoms. The molecule has 118 valence electrons. The van der Waals surface area contributed by atoms with Crippen LogP contribution >= 0.6 is 0 Å². The van der Waals surface area contributed by atoms with E-state index in [1.807, 2.05) is 0 Å². The summed E-state index contributed by atoms with van der Waals surface area (Å²) in [7, 11) is -3.93. The third kappa shape index (κ3) is 4.05. The molecule has 0 heterocycles. The number of alkyl halides is 3. The fraction of sp³-hybridized carbons (Fsp3) is 0.143. The predicted octanol–water partition coefficient (Wildman–Crippen LogP) is 3.32. The minimum absolute atomic E-state index is 0.197. The van der Waals surface area contributed by atoms with E-state index in [2.05, 4.69) is 4.72 Å². The summed E-state index contributed by atoms with van der Waals surface area (Å²) in [5, 5.41) is 0. The maximum absolute atomic E-state index is 13.0. The number of benzene rings is 2. The van der Waals surface area contributed by atoms with Crippen molar-refractivity contribution < 1.29 is 26.0 Å². The Hall–Kier alpha value is -1.93. The second kappa shape index (κ2) is 6.05. The molecule has 0 saturated heterocycles. The van der Waals surface area contributed by atoms with Gasteiger partial charge in [-0.15, -0.1) is 0 Å². The average Bonchev–Trinajstić information content (AvgIpc) is 2.45. The fourth-order valence-corrected chi connectivity index (χ4v) is 2.76. The van der Waals surface area contributed by atoms with Gasteiger partial charge in [-0.1, -0.05) is 18.2 Å². The van der Waals surface area contributed by atoms with E-state index < -0.39 is 27.6 Å². The van der Waals surface area contributed by atoms with E-state index in [0.717, 1.165) is 24.3 Å². The molecule has 0 spiro atoms. The minimum Gasteiger partial charge on any atom is -0.207 e. The molecule has 0 aliphatic rings. The molecule has 0 atom stereocenters. The van der Waals surface area contributed by atoms with E-state index in [1.54, 1.807) is 0 Å². The van der Waals surface area contributed by atoms with Crippen molar-refractivity contribution in [1.29, 1.82) is 0 Å². The Kier molecular flexibility index (Phi) is 4.52. The van der Waals surface area contributed by atoms with Crippen LogP contribution in [0, 0.1) is 5.82 Å². The Morgan fingerprint density at radius 2 is 1.64 bits per heavy atom. The van der Waals surface area contributed by atoms with Crippen molar-refractivity contribution in [3.8, 4) is 0 Å². The third-order valence-electron chi connectivity index (χ3n) is 2.85. The highest BCUT2D eigenvalue weighted by atomic mass is 32.2. The Morgan fingerprint density at radius 3 is 2.18 bits per heavy atom. The van der Waals surface area contributed by atoms with Crippen molar-refractivity contribution in [2.24, 2.45) is 0 Å². The average molecular weight is 333 g/mol. The lowest BCUT2D eigenvalue weighted by Crippen LogP contribution is -2.23. The Bertz CT molecular complexity index is 755. The second-order valence-corrected chi connectivity index (χ2v) is 6.24. The number of hydrogen-bond donors (Lipinski definition) is 1. The van der Waals surface area contributed by atoms with Gasteiger partial charge in [0.1, 0.15) is 5.82 Å². The first-order valence-electron chi connectivity index (χ1n) is 6.10. The molecule has 2 aromatic carbocycles. The van der Waals surface area contributed by atoms with Crippen LogP contribution in [0.4, 0.5) is 17.6 Å². The lowest BCUT2D eigenvalue weighted by atomic mass is 10.1. The Labute approximate surface area is 124 Å². The number of nitrogens with one attached hydrogen (secondary N) is 1. The van der Waals surface area contributed by atoms with Gasteiger partial charge in [0.05, 0.1) is 10.5 Å². The minimum atomic E-state index is -4.44. The van der Waals surface area contributed by atoms with E-state index in [-0.39, 0.29) is 11.4 Å². The highest BCUT2D eigenvalue weighted by Crippen LogP contribution is 2.29. The maximum atomic E-state index is 13.0. The van der Waals surface area contributed by atoms with Crippen LogP contribution in [0.1, 0.15) is 11.1 Å². The summed E-state index contributed by atoms with van der Waals surface area (Å²) in [6.07, 6.45) is -4.44. The quantitative estimate of drug-likeness (QED) is 0.873. The van der Waals surface area contributed by atoms with Gasteiger partial charge >= 0.3 is 6.18 Å². The number of sulfonamides is 1. The van der Waals surface area contributed by atoms with Gasteiger partial charge in [-0.05, 0) is 35.9 Å². The van der Waals surface area contributed by atoms with Gasteiger partial charge in [0, 0.05) is 6.54 Å². The first kappa shape index (κ1) is 16.4. The zero-order valence-corrected chi connectivity index (χ0v) is 11.9. The van der Waals surface area contributed by atoms with Crippen molar-refractivity contribution in [3.05, 3.63) is 65.5 Å². The molecule has 8 heteroatoms. The topological polar surface area (TPSA) is 46.2 Å². The molecule has 0 unspecified atom stereocenters. The largest absolute Gasteiger partial charge is 0.416 e. The normalized spacial score (nSPS) is 12.4. The van der Waals surface area contributed by atoms with Gasteiger partial charge in [-0.25, -0.2) is 17.5 Å². The van der Waals surface area contributed by atoms with Gasteiger partial charge in [0.25, 0.3) is 0 Å². The molecule has 0 aromatic heterocycles. The number of halogens is 4. The lowest BCUT2D eigenvalue weighted by molar-refractivity contribution is -0.137. The van der Waals surface area contributed by atoms with Crippen molar-refractivity contribution >= 4 is 10.0 Å². The van der Waals surface area contributed by atoms with Crippen LogP contribution in [-0.4, -0.2) is 8.42 Å². The lowest BCUT2D eigenvalue weighted by Gasteiger charge is -2.09. The monoisotopic (exact) mass is 333 g/mol. The van der Waals surface area contributed by atoms with E-state index in [0.29, 0.717) is 5.56 Å². The smallest absolute Gasteiger partial charge is 0.207 e. The Balaban J connectivity index is 2.09. The first-order chi connectivity index (χ1) is 10.2. The standard InChI is InChI=1S/C14H11F4NO2S/c15-12-2-1-3-13(8-12)22(20,21)19-9-10-4-6-11(7-5-10)14(16,17)18/h1-8,19H,9H2. The highest BCUT2D eigenvalue weighted by Gasteiger charge is 2.29. The van der Waals surface area contributed by atoms with Crippen LogP contribution in [0.3, 0.4) is 0 Å². The molecule has 2 aromatic rings. The van der Waals surface area contributed by atoms with Crippen LogP contribution in [0.2, 0.25) is 0 Å². The molecule has 0 saturated carbocycles. The van der Waals surface area contributed by atoms with E-state index >= 15 is 0 Å². The summed E-state index contributed by atoms with van der Waals surface area (Å²) < 4.78 is 76.3. The summed E-state index contributed by atoms with van der Waals surface area (Å²) in [6.45, 7) is -0.197. The summed E-state index contributed by atoms with van der Waals surface area (Å²) >= 11 is 0. The van der Waals surface area contributed by atoms with Crippen LogP contribution in [-0.2, 0) is 22.7 Å². The van der Waals surface area contributed by atoms with Gasteiger partial charge in [0.2, 0.25) is 10.0 Å². The highest BCUT2D eigenvalue weighted by molar-refractivity contribution is 7.89. The molecule has 0 amide bonds. The predicted molar refractivity (Wildman–Crippen MR) is 71.9 cm³/mol. The number of hydrogen-bond acceptors (Lipinski definition) is 2. The summed E-state index contributed by atoms with van der Waals surface area (Å²) in [5.74, 6) is -0.697. The first-order valence-corrected chi connectivity index (χ1v) is 7.58. The van der Waals surface area contributed by atoms with Gasteiger partial charge in [-0.2, -0.15) is 13.2 Å². The van der Waals surface area contributed by atoms with Gasteiger partial charge in [0.15, 0.2) is 0 Å². The summed E-state index contributed by atoms with van der Waals surface area (Å²) in [6, 6.07) is 8.52.